The molecule has 0 spiro atoms. The summed E-state index contributed by atoms with van der Waals surface area (Å²) in [6.45, 7) is 0.603. The third-order valence-electron chi connectivity index (χ3n) is 3.56. The average molecular weight is 284 g/mol. The van der Waals surface area contributed by atoms with Gasteiger partial charge in [-0.25, -0.2) is 4.79 Å². The SMILES string of the molecule is Nc1ccc(NC2CCOc3ccccc32)c(C(=O)O)c1. The maximum Gasteiger partial charge on any atom is 0.337 e. The molecule has 0 saturated heterocycles. The van der Waals surface area contributed by atoms with Gasteiger partial charge in [-0.05, 0) is 24.3 Å². The van der Waals surface area contributed by atoms with E-state index in [1.165, 1.54) is 6.07 Å². The minimum atomic E-state index is -0.995. The number of fused-ring (bicyclic) bond motifs is 1. The molecule has 1 atom stereocenters. The molecule has 0 radical (unpaired) electrons. The first-order valence-electron chi connectivity index (χ1n) is 6.76. The minimum absolute atomic E-state index is 0.0247. The molecule has 0 fully saturated rings. The maximum atomic E-state index is 11.3. The summed E-state index contributed by atoms with van der Waals surface area (Å²) in [6, 6.07) is 12.7. The van der Waals surface area contributed by atoms with Gasteiger partial charge in [-0.2, -0.15) is 0 Å². The second kappa shape index (κ2) is 5.36. The van der Waals surface area contributed by atoms with Crippen LogP contribution in [0, 0.1) is 0 Å². The fourth-order valence-corrected chi connectivity index (χ4v) is 2.54. The van der Waals surface area contributed by atoms with Crippen LogP contribution < -0.4 is 15.8 Å². The Kier molecular flexibility index (Phi) is 3.39. The number of nitrogens with one attached hydrogen (secondary N) is 1. The predicted molar refractivity (Wildman–Crippen MR) is 80.7 cm³/mol. The summed E-state index contributed by atoms with van der Waals surface area (Å²) in [5.74, 6) is -0.154. The zero-order chi connectivity index (χ0) is 14.8. The van der Waals surface area contributed by atoms with E-state index in [2.05, 4.69) is 5.32 Å². The minimum Gasteiger partial charge on any atom is -0.493 e. The van der Waals surface area contributed by atoms with E-state index in [4.69, 9.17) is 10.5 Å². The van der Waals surface area contributed by atoms with Crippen LogP contribution >= 0.6 is 0 Å². The van der Waals surface area contributed by atoms with Crippen LogP contribution in [0.15, 0.2) is 42.5 Å². The van der Waals surface area contributed by atoms with Crippen LogP contribution in [0.1, 0.15) is 28.4 Å². The molecule has 5 nitrogen and oxygen atoms in total. The van der Waals surface area contributed by atoms with Crippen molar-refractivity contribution >= 4 is 17.3 Å². The highest BCUT2D eigenvalue weighted by Crippen LogP contribution is 2.35. The van der Waals surface area contributed by atoms with E-state index in [1.54, 1.807) is 12.1 Å². The second-order valence-corrected chi connectivity index (χ2v) is 4.98. The van der Waals surface area contributed by atoms with Crippen molar-refractivity contribution in [1.29, 1.82) is 0 Å². The number of carboxylic acids is 1. The zero-order valence-corrected chi connectivity index (χ0v) is 11.4. The number of rotatable bonds is 3. The third-order valence-corrected chi connectivity index (χ3v) is 3.56. The number of hydrogen-bond donors (Lipinski definition) is 3. The Hall–Kier alpha value is -2.69. The predicted octanol–water partition coefficient (Wildman–Crippen LogP) is 2.90. The molecule has 1 aliphatic rings. The van der Waals surface area contributed by atoms with Crippen molar-refractivity contribution < 1.29 is 14.6 Å². The molecule has 1 heterocycles. The molecule has 4 N–H and O–H groups in total. The normalized spacial score (nSPS) is 16.7. The van der Waals surface area contributed by atoms with Gasteiger partial charge >= 0.3 is 5.97 Å². The molecule has 0 saturated carbocycles. The van der Waals surface area contributed by atoms with Gasteiger partial charge in [0.15, 0.2) is 0 Å². The van der Waals surface area contributed by atoms with Gasteiger partial charge in [-0.15, -0.1) is 0 Å². The fourth-order valence-electron chi connectivity index (χ4n) is 2.54. The van der Waals surface area contributed by atoms with Crippen molar-refractivity contribution in [1.82, 2.24) is 0 Å². The van der Waals surface area contributed by atoms with Crippen LogP contribution in [0.2, 0.25) is 0 Å². The number of carboxylic acid groups (broad SMARTS) is 1. The number of nitrogens with two attached hydrogens (primary N) is 1. The van der Waals surface area contributed by atoms with Crippen molar-refractivity contribution in [2.24, 2.45) is 0 Å². The number of aromatic carboxylic acids is 1. The van der Waals surface area contributed by atoms with Crippen LogP contribution in [0.5, 0.6) is 5.75 Å². The highest BCUT2D eigenvalue weighted by molar-refractivity contribution is 5.95. The lowest BCUT2D eigenvalue weighted by Crippen LogP contribution is -2.21. The molecule has 1 aliphatic heterocycles. The quantitative estimate of drug-likeness (QED) is 0.755. The standard InChI is InChI=1S/C16H16N2O3/c17-10-5-6-13(12(9-10)16(19)20)18-14-7-8-21-15-4-2-1-3-11(14)15/h1-6,9,14,18H,7-8,17H2,(H,19,20). The largest absolute Gasteiger partial charge is 0.493 e. The topological polar surface area (TPSA) is 84.6 Å². The molecule has 2 aromatic carbocycles. The van der Waals surface area contributed by atoms with Crippen molar-refractivity contribution in [2.75, 3.05) is 17.7 Å². The van der Waals surface area contributed by atoms with Gasteiger partial charge in [0.25, 0.3) is 0 Å². The third kappa shape index (κ3) is 2.63. The lowest BCUT2D eigenvalue weighted by Gasteiger charge is -2.28. The van der Waals surface area contributed by atoms with E-state index >= 15 is 0 Å². The summed E-state index contributed by atoms with van der Waals surface area (Å²) in [6.07, 6.45) is 0.778. The van der Waals surface area contributed by atoms with E-state index in [9.17, 15) is 9.90 Å². The van der Waals surface area contributed by atoms with Crippen LogP contribution in [-0.4, -0.2) is 17.7 Å². The molecule has 0 aromatic heterocycles. The monoisotopic (exact) mass is 284 g/mol. The Labute approximate surface area is 122 Å². The van der Waals surface area contributed by atoms with Crippen molar-refractivity contribution in [2.45, 2.75) is 12.5 Å². The fraction of sp³-hybridized carbons (Fsp3) is 0.188. The molecule has 5 heteroatoms. The summed E-state index contributed by atoms with van der Waals surface area (Å²) in [5, 5.41) is 12.6. The number of nitrogen functional groups attached to an aromatic ring is 1. The Balaban J connectivity index is 1.93. The first-order chi connectivity index (χ1) is 10.1. The summed E-state index contributed by atoms with van der Waals surface area (Å²) in [4.78, 5) is 11.3. The highest BCUT2D eigenvalue weighted by atomic mass is 16.5. The number of anilines is 2. The molecule has 2 aromatic rings. The van der Waals surface area contributed by atoms with Gasteiger partial charge in [0.1, 0.15) is 5.75 Å². The van der Waals surface area contributed by atoms with E-state index in [0.29, 0.717) is 18.0 Å². The summed E-state index contributed by atoms with van der Waals surface area (Å²) < 4.78 is 5.61. The summed E-state index contributed by atoms with van der Waals surface area (Å²) in [5.41, 5.74) is 7.89. The molecule has 108 valence electrons. The number of hydrogen-bond acceptors (Lipinski definition) is 4. The average Bonchev–Trinajstić information content (AvgIpc) is 2.49. The number of carbonyl (C=O) groups is 1. The van der Waals surface area contributed by atoms with Gasteiger partial charge in [0.05, 0.1) is 18.2 Å². The Morgan fingerprint density at radius 2 is 2.10 bits per heavy atom. The molecule has 0 aliphatic carbocycles. The van der Waals surface area contributed by atoms with E-state index in [-0.39, 0.29) is 11.6 Å². The second-order valence-electron chi connectivity index (χ2n) is 4.98. The number of benzene rings is 2. The zero-order valence-electron chi connectivity index (χ0n) is 11.4. The Morgan fingerprint density at radius 1 is 1.29 bits per heavy atom. The number of para-hydroxylation sites is 1. The highest BCUT2D eigenvalue weighted by Gasteiger charge is 2.22. The molecular weight excluding hydrogens is 268 g/mol. The first-order valence-corrected chi connectivity index (χ1v) is 6.76. The van der Waals surface area contributed by atoms with Crippen LogP contribution in [0.4, 0.5) is 11.4 Å². The van der Waals surface area contributed by atoms with E-state index in [1.807, 2.05) is 24.3 Å². The maximum absolute atomic E-state index is 11.3. The van der Waals surface area contributed by atoms with Gasteiger partial charge in [0, 0.05) is 23.4 Å². The molecule has 1 unspecified atom stereocenters. The van der Waals surface area contributed by atoms with Gasteiger partial charge in [0.2, 0.25) is 0 Å². The smallest absolute Gasteiger partial charge is 0.337 e. The molecule has 21 heavy (non-hydrogen) atoms. The molecule has 3 rings (SSSR count). The van der Waals surface area contributed by atoms with Crippen LogP contribution in [0.25, 0.3) is 0 Å². The van der Waals surface area contributed by atoms with Crippen LogP contribution in [-0.2, 0) is 0 Å². The lowest BCUT2D eigenvalue weighted by molar-refractivity contribution is 0.0698. The van der Waals surface area contributed by atoms with Crippen LogP contribution in [0.3, 0.4) is 0 Å². The van der Waals surface area contributed by atoms with Gasteiger partial charge < -0.3 is 20.9 Å². The van der Waals surface area contributed by atoms with E-state index < -0.39 is 5.97 Å². The van der Waals surface area contributed by atoms with Crippen molar-refractivity contribution in [3.05, 3.63) is 53.6 Å². The first kappa shape index (κ1) is 13.3. The van der Waals surface area contributed by atoms with Gasteiger partial charge in [-0.1, -0.05) is 18.2 Å². The van der Waals surface area contributed by atoms with Crippen molar-refractivity contribution in [3.63, 3.8) is 0 Å². The van der Waals surface area contributed by atoms with Gasteiger partial charge in [-0.3, -0.25) is 0 Å². The molecule has 0 bridgehead atoms. The number of ether oxygens (including phenoxy) is 1. The molecule has 0 amide bonds. The Bertz CT molecular complexity index is 685. The van der Waals surface area contributed by atoms with Crippen molar-refractivity contribution in [3.8, 4) is 5.75 Å². The van der Waals surface area contributed by atoms with E-state index in [0.717, 1.165) is 17.7 Å². The lowest BCUT2D eigenvalue weighted by atomic mass is 9.99. The molecular formula is C16H16N2O3. The summed E-state index contributed by atoms with van der Waals surface area (Å²) >= 11 is 0. The Morgan fingerprint density at radius 3 is 2.90 bits per heavy atom. The summed E-state index contributed by atoms with van der Waals surface area (Å²) in [7, 11) is 0.